The summed E-state index contributed by atoms with van der Waals surface area (Å²) in [6.07, 6.45) is 3.08. The average Bonchev–Trinajstić information content (AvgIpc) is 2.38. The topological polar surface area (TPSA) is 22.1 Å². The van der Waals surface area contributed by atoms with E-state index in [4.69, 9.17) is 4.74 Å². The summed E-state index contributed by atoms with van der Waals surface area (Å²) in [5.74, 6) is -0.152. The number of pyridine rings is 1. The molecule has 0 aliphatic rings. The van der Waals surface area contributed by atoms with Crippen LogP contribution in [-0.2, 0) is 0 Å². The van der Waals surface area contributed by atoms with Crippen molar-refractivity contribution in [1.82, 2.24) is 4.98 Å². The molecule has 2 rings (SSSR count). The first-order chi connectivity index (χ1) is 8.52. The van der Waals surface area contributed by atoms with Crippen LogP contribution in [0.2, 0.25) is 0 Å². The van der Waals surface area contributed by atoms with Crippen LogP contribution in [-0.4, -0.2) is 19.1 Å². The van der Waals surface area contributed by atoms with E-state index in [2.05, 4.69) is 4.98 Å². The van der Waals surface area contributed by atoms with Gasteiger partial charge in [-0.2, -0.15) is 0 Å². The highest BCUT2D eigenvalue weighted by Gasteiger charge is 2.29. The molecule has 0 atom stereocenters. The number of methoxy groups -OCH3 is 1. The van der Waals surface area contributed by atoms with Crippen molar-refractivity contribution in [2.75, 3.05) is 7.11 Å². The lowest BCUT2D eigenvalue weighted by Gasteiger charge is -2.19. The van der Waals surface area contributed by atoms with Crippen LogP contribution in [0.15, 0.2) is 42.7 Å². The molecule has 0 unspecified atom stereocenters. The van der Waals surface area contributed by atoms with E-state index in [0.29, 0.717) is 11.1 Å². The van der Waals surface area contributed by atoms with Gasteiger partial charge in [0.1, 0.15) is 0 Å². The lowest BCUT2D eigenvalue weighted by Crippen LogP contribution is -2.35. The minimum Gasteiger partial charge on any atom is -0.500 e. The van der Waals surface area contributed by atoms with Gasteiger partial charge in [0.05, 0.1) is 12.9 Å². The maximum absolute atomic E-state index is 12.9. The predicted octanol–water partition coefficient (Wildman–Crippen LogP) is 2.81. The smallest absolute Gasteiger partial charge is 0.500 e. The third kappa shape index (κ3) is 2.47. The first kappa shape index (κ1) is 12.5. The van der Waals surface area contributed by atoms with Gasteiger partial charge in [0.25, 0.3) is 0 Å². The number of aromatic nitrogens is 1. The third-order valence-electron chi connectivity index (χ3n) is 2.60. The summed E-state index contributed by atoms with van der Waals surface area (Å²) in [5.41, 5.74) is 0.466. The van der Waals surface area contributed by atoms with Crippen molar-refractivity contribution in [3.63, 3.8) is 0 Å². The summed E-state index contributed by atoms with van der Waals surface area (Å²) in [4.78, 5) is 3.83. The highest BCUT2D eigenvalue weighted by molar-refractivity contribution is 6.74. The Labute approximate surface area is 102 Å². The number of hydrogen-bond acceptors (Lipinski definition) is 2. The van der Waals surface area contributed by atoms with Crippen molar-refractivity contribution in [1.29, 1.82) is 0 Å². The second-order valence-corrected chi connectivity index (χ2v) is 3.77. The zero-order valence-corrected chi connectivity index (χ0v) is 9.61. The minimum absolute atomic E-state index is 0.152. The summed E-state index contributed by atoms with van der Waals surface area (Å²) < 4.78 is 43.4. The fourth-order valence-corrected chi connectivity index (χ4v) is 1.71. The van der Waals surface area contributed by atoms with Crippen molar-refractivity contribution >= 4 is 12.4 Å². The first-order valence-electron chi connectivity index (χ1n) is 5.30. The van der Waals surface area contributed by atoms with Crippen molar-refractivity contribution < 1.29 is 17.7 Å². The zero-order chi connectivity index (χ0) is 13.2. The fourth-order valence-electron chi connectivity index (χ4n) is 1.71. The summed E-state index contributed by atoms with van der Waals surface area (Å²) in [6.45, 7) is -5.10. The van der Waals surface area contributed by atoms with E-state index in [-0.39, 0.29) is 5.75 Å². The van der Waals surface area contributed by atoms with E-state index >= 15 is 0 Å². The van der Waals surface area contributed by atoms with Gasteiger partial charge in [0, 0.05) is 12.4 Å². The number of hydrogen-bond donors (Lipinski definition) is 0. The summed E-state index contributed by atoms with van der Waals surface area (Å²) in [6, 6.07) is 7.36. The van der Waals surface area contributed by atoms with Gasteiger partial charge in [-0.1, -0.05) is 17.6 Å². The SMILES string of the molecule is COc1ccc(-c2ccncc2)cc1[B-](F)(F)F. The van der Waals surface area contributed by atoms with Crippen LogP contribution >= 0.6 is 0 Å². The van der Waals surface area contributed by atoms with E-state index in [1.54, 1.807) is 18.2 Å². The molecule has 1 heterocycles. The zero-order valence-electron chi connectivity index (χ0n) is 9.61. The van der Waals surface area contributed by atoms with Gasteiger partial charge >= 0.3 is 6.98 Å². The molecule has 0 fully saturated rings. The van der Waals surface area contributed by atoms with Gasteiger partial charge in [-0.25, -0.2) is 0 Å². The molecule has 1 aromatic heterocycles. The fraction of sp³-hybridized carbons (Fsp3) is 0.0833. The molecule has 0 N–H and O–H groups in total. The van der Waals surface area contributed by atoms with Gasteiger partial charge in [-0.3, -0.25) is 4.98 Å². The third-order valence-corrected chi connectivity index (χ3v) is 2.60. The Morgan fingerprint density at radius 3 is 2.22 bits per heavy atom. The first-order valence-corrected chi connectivity index (χ1v) is 5.30. The average molecular weight is 252 g/mol. The molecule has 0 amide bonds. The number of rotatable bonds is 3. The lowest BCUT2D eigenvalue weighted by molar-refractivity contribution is 0.412. The van der Waals surface area contributed by atoms with E-state index in [0.717, 1.165) is 6.07 Å². The number of benzene rings is 1. The molecular weight excluding hydrogens is 242 g/mol. The Morgan fingerprint density at radius 2 is 1.67 bits per heavy atom. The maximum Gasteiger partial charge on any atom is 0.513 e. The van der Waals surface area contributed by atoms with Gasteiger partial charge in [0.15, 0.2) is 0 Å². The predicted molar refractivity (Wildman–Crippen MR) is 64.9 cm³/mol. The van der Waals surface area contributed by atoms with Gasteiger partial charge < -0.3 is 17.7 Å². The van der Waals surface area contributed by atoms with Crippen molar-refractivity contribution in [2.24, 2.45) is 0 Å². The molecule has 2 aromatic rings. The van der Waals surface area contributed by atoms with Crippen LogP contribution in [0.4, 0.5) is 12.9 Å². The Kier molecular flexibility index (Phi) is 3.27. The molecule has 2 nitrogen and oxygen atoms in total. The maximum atomic E-state index is 12.9. The molecular formula is C12H10BF3NO-. The molecule has 94 valence electrons. The Morgan fingerprint density at radius 1 is 1.00 bits per heavy atom. The van der Waals surface area contributed by atoms with Crippen LogP contribution in [0.3, 0.4) is 0 Å². The number of ether oxygens (including phenoxy) is 1. The van der Waals surface area contributed by atoms with E-state index in [1.165, 1.54) is 25.6 Å². The summed E-state index contributed by atoms with van der Waals surface area (Å²) in [5, 5.41) is 0. The second-order valence-electron chi connectivity index (χ2n) is 3.77. The van der Waals surface area contributed by atoms with Crippen LogP contribution in [0.5, 0.6) is 5.75 Å². The second kappa shape index (κ2) is 4.72. The number of nitrogens with zero attached hydrogens (tertiary/aromatic N) is 1. The van der Waals surface area contributed by atoms with Crippen molar-refractivity contribution in [3.05, 3.63) is 42.7 Å². The van der Waals surface area contributed by atoms with Gasteiger partial charge in [-0.15, -0.1) is 0 Å². The summed E-state index contributed by atoms with van der Waals surface area (Å²) in [7, 11) is 1.23. The molecule has 0 radical (unpaired) electrons. The Bertz CT molecular complexity index is 543. The molecule has 0 saturated heterocycles. The van der Waals surface area contributed by atoms with Crippen LogP contribution < -0.4 is 10.2 Å². The van der Waals surface area contributed by atoms with Gasteiger partial charge in [-0.05, 0) is 29.3 Å². The molecule has 0 aliphatic heterocycles. The van der Waals surface area contributed by atoms with E-state index in [1.807, 2.05) is 0 Å². The Balaban J connectivity index is 2.53. The van der Waals surface area contributed by atoms with E-state index in [9.17, 15) is 12.9 Å². The van der Waals surface area contributed by atoms with E-state index < -0.39 is 12.4 Å². The molecule has 0 spiro atoms. The Hall–Kier alpha value is -1.98. The molecule has 0 aliphatic carbocycles. The van der Waals surface area contributed by atoms with Crippen molar-refractivity contribution in [2.45, 2.75) is 0 Å². The van der Waals surface area contributed by atoms with Crippen molar-refractivity contribution in [3.8, 4) is 16.9 Å². The largest absolute Gasteiger partial charge is 0.513 e. The molecule has 6 heteroatoms. The minimum atomic E-state index is -5.10. The quantitative estimate of drug-likeness (QED) is 0.783. The van der Waals surface area contributed by atoms with Crippen LogP contribution in [0.1, 0.15) is 0 Å². The number of halogens is 3. The molecule has 0 saturated carbocycles. The van der Waals surface area contributed by atoms with Gasteiger partial charge in [0.2, 0.25) is 0 Å². The summed E-state index contributed by atoms with van der Waals surface area (Å²) >= 11 is 0. The lowest BCUT2D eigenvalue weighted by atomic mass is 9.78. The van der Waals surface area contributed by atoms with Crippen LogP contribution in [0.25, 0.3) is 11.1 Å². The molecule has 1 aromatic carbocycles. The highest BCUT2D eigenvalue weighted by atomic mass is 19.4. The molecule has 0 bridgehead atoms. The normalized spacial score (nSPS) is 11.3. The molecule has 18 heavy (non-hydrogen) atoms. The highest BCUT2D eigenvalue weighted by Crippen LogP contribution is 2.24. The monoisotopic (exact) mass is 252 g/mol. The van der Waals surface area contributed by atoms with Crippen LogP contribution in [0, 0.1) is 0 Å². The standard InChI is InChI=1S/C12H10BF3NO/c1-18-12-3-2-10(8-11(12)13(14,15)16)9-4-6-17-7-5-9/h2-8H,1H3/q-1.